The fourth-order valence-corrected chi connectivity index (χ4v) is 3.64. The highest BCUT2D eigenvalue weighted by Gasteiger charge is 2.20. The molecule has 0 spiro atoms. The lowest BCUT2D eigenvalue weighted by molar-refractivity contribution is 0.0222. The summed E-state index contributed by atoms with van der Waals surface area (Å²) in [6.07, 6.45) is 1.56. The maximum atomic E-state index is 12.3. The Labute approximate surface area is 129 Å². The Balaban J connectivity index is 1.81. The number of hydrogen-bond donors (Lipinski definition) is 3. The lowest BCUT2D eigenvalue weighted by atomic mass is 10.2. The van der Waals surface area contributed by atoms with Crippen molar-refractivity contribution in [3.05, 3.63) is 34.1 Å². The first-order valence-corrected chi connectivity index (χ1v) is 7.90. The van der Waals surface area contributed by atoms with E-state index in [9.17, 15) is 4.79 Å². The summed E-state index contributed by atoms with van der Waals surface area (Å²) in [5.74, 6) is 0.581. The highest BCUT2D eigenvalue weighted by Crippen LogP contribution is 2.32. The molecule has 3 aromatic heterocycles. The molecular formula is C14H15N5O2S. The van der Waals surface area contributed by atoms with Crippen molar-refractivity contribution in [1.29, 1.82) is 0 Å². The molecule has 1 saturated heterocycles. The van der Waals surface area contributed by atoms with Crippen LogP contribution in [-0.4, -0.2) is 39.9 Å². The predicted octanol–water partition coefficient (Wildman–Crippen LogP) is 1.34. The minimum atomic E-state index is -0.204. The first-order valence-electron chi connectivity index (χ1n) is 7.09. The topological polar surface area (TPSA) is 95.7 Å². The summed E-state index contributed by atoms with van der Waals surface area (Å²) in [6.45, 7) is 4.06. The van der Waals surface area contributed by atoms with Crippen molar-refractivity contribution < 1.29 is 4.74 Å². The molecule has 0 bridgehead atoms. The SMILES string of the molecule is Cc1[nH]ncc1-c1cc2nc(C3CNCCO3)[nH]c(=O)c2s1. The number of aromatic amines is 2. The van der Waals surface area contributed by atoms with Gasteiger partial charge in [-0.2, -0.15) is 5.10 Å². The van der Waals surface area contributed by atoms with Crippen LogP contribution < -0.4 is 10.9 Å². The van der Waals surface area contributed by atoms with Gasteiger partial charge in [-0.3, -0.25) is 9.89 Å². The number of ether oxygens (including phenoxy) is 1. The first-order chi connectivity index (χ1) is 10.7. The van der Waals surface area contributed by atoms with Gasteiger partial charge in [0.15, 0.2) is 0 Å². The van der Waals surface area contributed by atoms with E-state index in [2.05, 4.69) is 25.5 Å². The van der Waals surface area contributed by atoms with E-state index in [0.717, 1.165) is 22.7 Å². The lowest BCUT2D eigenvalue weighted by Crippen LogP contribution is -2.35. The molecule has 22 heavy (non-hydrogen) atoms. The van der Waals surface area contributed by atoms with Gasteiger partial charge in [0, 0.05) is 29.2 Å². The lowest BCUT2D eigenvalue weighted by Gasteiger charge is -2.22. The van der Waals surface area contributed by atoms with Crippen LogP contribution in [0.5, 0.6) is 0 Å². The maximum absolute atomic E-state index is 12.3. The van der Waals surface area contributed by atoms with Crippen LogP contribution in [0.4, 0.5) is 0 Å². The molecule has 0 aliphatic carbocycles. The van der Waals surface area contributed by atoms with Crippen molar-refractivity contribution in [1.82, 2.24) is 25.5 Å². The van der Waals surface area contributed by atoms with Gasteiger partial charge in [0.1, 0.15) is 16.6 Å². The zero-order valence-corrected chi connectivity index (χ0v) is 12.8. The number of fused-ring (bicyclic) bond motifs is 1. The fourth-order valence-electron chi connectivity index (χ4n) is 2.58. The van der Waals surface area contributed by atoms with Gasteiger partial charge in [-0.1, -0.05) is 0 Å². The molecule has 3 aromatic rings. The second kappa shape index (κ2) is 5.31. The van der Waals surface area contributed by atoms with Gasteiger partial charge < -0.3 is 15.0 Å². The van der Waals surface area contributed by atoms with Crippen LogP contribution in [0.15, 0.2) is 17.1 Å². The number of rotatable bonds is 2. The number of morpholine rings is 1. The molecule has 8 heteroatoms. The summed E-state index contributed by atoms with van der Waals surface area (Å²) in [5, 5.41) is 10.2. The zero-order valence-electron chi connectivity index (χ0n) is 12.0. The predicted molar refractivity (Wildman–Crippen MR) is 84.1 cm³/mol. The Bertz CT molecular complexity index is 875. The van der Waals surface area contributed by atoms with Crippen LogP contribution in [0.3, 0.4) is 0 Å². The van der Waals surface area contributed by atoms with Crippen molar-refractivity contribution in [2.75, 3.05) is 19.7 Å². The van der Waals surface area contributed by atoms with Crippen LogP contribution in [0, 0.1) is 6.92 Å². The molecule has 0 aromatic carbocycles. The molecule has 4 heterocycles. The Morgan fingerprint density at radius 2 is 2.36 bits per heavy atom. The molecule has 7 nitrogen and oxygen atoms in total. The maximum Gasteiger partial charge on any atom is 0.268 e. The highest BCUT2D eigenvalue weighted by atomic mass is 32.1. The molecule has 0 amide bonds. The summed E-state index contributed by atoms with van der Waals surface area (Å²) < 4.78 is 6.29. The first kappa shape index (κ1) is 13.6. The number of hydrogen-bond acceptors (Lipinski definition) is 6. The van der Waals surface area contributed by atoms with Gasteiger partial charge in [-0.25, -0.2) is 4.98 Å². The summed E-state index contributed by atoms with van der Waals surface area (Å²) in [5.41, 5.74) is 2.56. The van der Waals surface area contributed by atoms with Gasteiger partial charge in [0.2, 0.25) is 0 Å². The van der Waals surface area contributed by atoms with Crippen molar-refractivity contribution in [3.63, 3.8) is 0 Å². The molecule has 114 valence electrons. The second-order valence-corrected chi connectivity index (χ2v) is 6.30. The van der Waals surface area contributed by atoms with E-state index in [4.69, 9.17) is 4.74 Å². The smallest absolute Gasteiger partial charge is 0.268 e. The Morgan fingerprint density at radius 3 is 3.09 bits per heavy atom. The third-order valence-electron chi connectivity index (χ3n) is 3.73. The highest BCUT2D eigenvalue weighted by molar-refractivity contribution is 7.22. The molecular weight excluding hydrogens is 302 g/mol. The van der Waals surface area contributed by atoms with Gasteiger partial charge in [0.05, 0.1) is 18.3 Å². The number of aromatic nitrogens is 4. The van der Waals surface area contributed by atoms with Crippen LogP contribution >= 0.6 is 11.3 Å². The van der Waals surface area contributed by atoms with Gasteiger partial charge in [-0.05, 0) is 13.0 Å². The van der Waals surface area contributed by atoms with Gasteiger partial charge in [-0.15, -0.1) is 11.3 Å². The summed E-state index contributed by atoms with van der Waals surface area (Å²) in [7, 11) is 0. The van der Waals surface area contributed by atoms with Gasteiger partial charge in [0.25, 0.3) is 5.56 Å². The largest absolute Gasteiger partial charge is 0.368 e. The van der Waals surface area contributed by atoms with Crippen molar-refractivity contribution in [2.24, 2.45) is 0 Å². The van der Waals surface area contributed by atoms with Crippen molar-refractivity contribution in [3.8, 4) is 10.4 Å². The van der Waals surface area contributed by atoms with Crippen LogP contribution in [0.25, 0.3) is 20.7 Å². The van der Waals surface area contributed by atoms with E-state index in [0.29, 0.717) is 29.2 Å². The third kappa shape index (κ3) is 2.25. The third-order valence-corrected chi connectivity index (χ3v) is 4.89. The van der Waals surface area contributed by atoms with Crippen molar-refractivity contribution in [2.45, 2.75) is 13.0 Å². The van der Waals surface area contributed by atoms with Crippen LogP contribution in [0.1, 0.15) is 17.6 Å². The average molecular weight is 317 g/mol. The molecule has 1 aliphatic heterocycles. The second-order valence-electron chi connectivity index (χ2n) is 5.25. The molecule has 1 unspecified atom stereocenters. The fraction of sp³-hybridized carbons (Fsp3) is 0.357. The molecule has 1 atom stereocenters. The Hall–Kier alpha value is -2.03. The molecule has 1 aliphatic rings. The summed E-state index contributed by atoms with van der Waals surface area (Å²) >= 11 is 1.43. The molecule has 3 N–H and O–H groups in total. The quantitative estimate of drug-likeness (QED) is 0.663. The van der Waals surface area contributed by atoms with E-state index < -0.39 is 0 Å². The van der Waals surface area contributed by atoms with E-state index in [1.54, 1.807) is 6.20 Å². The van der Waals surface area contributed by atoms with E-state index in [-0.39, 0.29) is 11.7 Å². The zero-order chi connectivity index (χ0) is 15.1. The van der Waals surface area contributed by atoms with Crippen LogP contribution in [-0.2, 0) is 4.74 Å². The monoisotopic (exact) mass is 317 g/mol. The normalized spacial score (nSPS) is 18.9. The number of nitrogens with one attached hydrogen (secondary N) is 3. The van der Waals surface area contributed by atoms with E-state index >= 15 is 0 Å². The number of nitrogens with zero attached hydrogens (tertiary/aromatic N) is 2. The Morgan fingerprint density at radius 1 is 1.45 bits per heavy atom. The van der Waals surface area contributed by atoms with E-state index in [1.165, 1.54) is 11.3 Å². The minimum absolute atomic E-state index is 0.119. The standard InChI is InChI=1S/C14H15N5O2S/c1-7-8(5-16-19-7)11-4-9-12(22-11)14(20)18-13(17-9)10-6-15-2-3-21-10/h4-5,10,15H,2-3,6H2,1H3,(H,16,19)(H,17,18,20). The van der Waals surface area contributed by atoms with Crippen molar-refractivity contribution >= 4 is 21.6 Å². The number of thiophene rings is 1. The molecule has 0 radical (unpaired) electrons. The molecule has 4 rings (SSSR count). The molecule has 1 fully saturated rings. The number of H-pyrrole nitrogens is 2. The Kier molecular flexibility index (Phi) is 3.29. The average Bonchev–Trinajstić information content (AvgIpc) is 3.14. The summed E-state index contributed by atoms with van der Waals surface area (Å²) in [6, 6.07) is 1.94. The minimum Gasteiger partial charge on any atom is -0.368 e. The van der Waals surface area contributed by atoms with E-state index in [1.807, 2.05) is 13.0 Å². The summed E-state index contributed by atoms with van der Waals surface area (Å²) in [4.78, 5) is 20.7. The van der Waals surface area contributed by atoms with Gasteiger partial charge >= 0.3 is 0 Å². The number of aryl methyl sites for hydroxylation is 1. The van der Waals surface area contributed by atoms with Crippen LogP contribution in [0.2, 0.25) is 0 Å². The molecule has 0 saturated carbocycles.